The lowest BCUT2D eigenvalue weighted by Crippen LogP contribution is -2.18. The zero-order valence-corrected chi connectivity index (χ0v) is 11.1. The summed E-state index contributed by atoms with van der Waals surface area (Å²) >= 11 is 1.47. The number of rotatable bonds is 3. The maximum absolute atomic E-state index is 12.1. The third-order valence-electron chi connectivity index (χ3n) is 2.44. The monoisotopic (exact) mass is 276 g/mol. The van der Waals surface area contributed by atoms with Gasteiger partial charge in [-0.05, 0) is 24.6 Å². The first-order valence-electron chi connectivity index (χ1n) is 5.63. The van der Waals surface area contributed by atoms with Crippen molar-refractivity contribution in [2.45, 2.75) is 6.92 Å². The molecule has 0 saturated heterocycles. The van der Waals surface area contributed by atoms with Gasteiger partial charge in [-0.15, -0.1) is 11.8 Å². The van der Waals surface area contributed by atoms with Crippen molar-refractivity contribution in [3.8, 4) is 0 Å². The number of carbonyl (C=O) groups is 1. The minimum Gasteiger partial charge on any atom is -0.496 e. The summed E-state index contributed by atoms with van der Waals surface area (Å²) in [6, 6.07) is 6.73. The topological polar surface area (TPSA) is 87.1 Å². The molecule has 0 aliphatic carbocycles. The number of ether oxygens (including phenoxy) is 1. The van der Waals surface area contributed by atoms with Crippen molar-refractivity contribution in [1.82, 2.24) is 0 Å². The fourth-order valence-electron chi connectivity index (χ4n) is 1.62. The van der Waals surface area contributed by atoms with E-state index in [-0.39, 0.29) is 5.91 Å². The van der Waals surface area contributed by atoms with E-state index in [4.69, 9.17) is 10.3 Å². The Kier molecular flexibility index (Phi) is 4.33. The number of azide groups is 1. The molecule has 0 fully saturated rings. The summed E-state index contributed by atoms with van der Waals surface area (Å²) in [6.45, 7) is 2.40. The van der Waals surface area contributed by atoms with Crippen LogP contribution in [-0.4, -0.2) is 18.3 Å². The van der Waals surface area contributed by atoms with Crippen LogP contribution in [0, 0.1) is 0 Å². The molecule has 0 atom stereocenters. The third-order valence-corrected chi connectivity index (χ3v) is 3.57. The first-order chi connectivity index (χ1) is 9.20. The Morgan fingerprint density at radius 1 is 1.58 bits per heavy atom. The SMILES string of the molecule is CC1=C(C(=O)Nc2cccc(N=[N+]=[N-])c2)SCCO1. The summed E-state index contributed by atoms with van der Waals surface area (Å²) in [5.74, 6) is 1.19. The van der Waals surface area contributed by atoms with Crippen molar-refractivity contribution >= 4 is 29.0 Å². The summed E-state index contributed by atoms with van der Waals surface area (Å²) in [4.78, 5) is 15.4. The van der Waals surface area contributed by atoms with Crippen LogP contribution in [-0.2, 0) is 9.53 Å². The number of allylic oxidation sites excluding steroid dienone is 1. The minimum absolute atomic E-state index is 0.208. The average molecular weight is 276 g/mol. The lowest BCUT2D eigenvalue weighted by atomic mass is 10.3. The number of thioether (sulfide) groups is 1. The number of amides is 1. The summed E-state index contributed by atoms with van der Waals surface area (Å²) in [5.41, 5.74) is 9.42. The molecule has 1 heterocycles. The molecule has 2 rings (SSSR count). The molecule has 19 heavy (non-hydrogen) atoms. The average Bonchev–Trinajstić information content (AvgIpc) is 2.40. The van der Waals surface area contributed by atoms with Crippen molar-refractivity contribution in [3.05, 3.63) is 45.4 Å². The van der Waals surface area contributed by atoms with Gasteiger partial charge in [0.25, 0.3) is 5.91 Å². The Morgan fingerprint density at radius 3 is 3.16 bits per heavy atom. The highest BCUT2D eigenvalue weighted by Crippen LogP contribution is 2.27. The number of nitrogens with zero attached hydrogens (tertiary/aromatic N) is 3. The number of hydrogen-bond donors (Lipinski definition) is 1. The van der Waals surface area contributed by atoms with Crippen molar-refractivity contribution in [3.63, 3.8) is 0 Å². The third kappa shape index (κ3) is 3.43. The van der Waals surface area contributed by atoms with Crippen LogP contribution in [0.1, 0.15) is 6.92 Å². The Bertz CT molecular complexity index is 579. The maximum Gasteiger partial charge on any atom is 0.265 e. The highest BCUT2D eigenvalue weighted by molar-refractivity contribution is 8.04. The number of anilines is 1. The second-order valence-corrected chi connectivity index (χ2v) is 4.88. The number of benzene rings is 1. The van der Waals surface area contributed by atoms with Crippen LogP contribution in [0.15, 0.2) is 40.0 Å². The van der Waals surface area contributed by atoms with Crippen molar-refractivity contribution in [2.75, 3.05) is 17.7 Å². The van der Waals surface area contributed by atoms with Gasteiger partial charge in [0.2, 0.25) is 0 Å². The molecule has 0 radical (unpaired) electrons. The normalized spacial score (nSPS) is 14.4. The van der Waals surface area contributed by atoms with E-state index in [2.05, 4.69) is 15.3 Å². The van der Waals surface area contributed by atoms with E-state index in [1.54, 1.807) is 31.2 Å². The van der Waals surface area contributed by atoms with Gasteiger partial charge in [0.15, 0.2) is 0 Å². The van der Waals surface area contributed by atoms with Gasteiger partial charge in [-0.3, -0.25) is 4.79 Å². The van der Waals surface area contributed by atoms with Crippen LogP contribution in [0.5, 0.6) is 0 Å². The number of nitrogens with one attached hydrogen (secondary N) is 1. The first kappa shape index (κ1) is 13.3. The smallest absolute Gasteiger partial charge is 0.265 e. The molecular formula is C12H12N4O2S. The fourth-order valence-corrected chi connectivity index (χ4v) is 2.43. The van der Waals surface area contributed by atoms with E-state index in [1.165, 1.54) is 11.8 Å². The number of carbonyl (C=O) groups excluding carboxylic acids is 1. The predicted molar refractivity (Wildman–Crippen MR) is 75.0 cm³/mol. The predicted octanol–water partition coefficient (Wildman–Crippen LogP) is 3.56. The van der Waals surface area contributed by atoms with Crippen LogP contribution < -0.4 is 5.32 Å². The van der Waals surface area contributed by atoms with Crippen LogP contribution in [0.4, 0.5) is 11.4 Å². The Balaban J connectivity index is 2.14. The molecule has 6 nitrogen and oxygen atoms in total. The lowest BCUT2D eigenvalue weighted by molar-refractivity contribution is -0.112. The quantitative estimate of drug-likeness (QED) is 0.520. The van der Waals surface area contributed by atoms with Gasteiger partial charge in [-0.1, -0.05) is 17.2 Å². The molecule has 1 aromatic rings. The second-order valence-electron chi connectivity index (χ2n) is 3.78. The first-order valence-corrected chi connectivity index (χ1v) is 6.62. The largest absolute Gasteiger partial charge is 0.496 e. The van der Waals surface area contributed by atoms with Gasteiger partial charge in [-0.25, -0.2) is 0 Å². The van der Waals surface area contributed by atoms with E-state index in [9.17, 15) is 4.79 Å². The van der Waals surface area contributed by atoms with E-state index in [1.807, 2.05) is 0 Å². The molecule has 0 spiro atoms. The van der Waals surface area contributed by atoms with Crippen molar-refractivity contribution in [2.24, 2.45) is 5.11 Å². The van der Waals surface area contributed by atoms with Gasteiger partial charge in [0.1, 0.15) is 10.7 Å². The molecule has 1 aliphatic heterocycles. The van der Waals surface area contributed by atoms with Gasteiger partial charge < -0.3 is 10.1 Å². The van der Waals surface area contributed by atoms with Crippen LogP contribution in [0.2, 0.25) is 0 Å². The van der Waals surface area contributed by atoms with Gasteiger partial charge in [0, 0.05) is 22.0 Å². The fraction of sp³-hybridized carbons (Fsp3) is 0.250. The van der Waals surface area contributed by atoms with Crippen LogP contribution in [0.3, 0.4) is 0 Å². The standard InChI is InChI=1S/C12H12N4O2S/c1-8-11(19-6-5-18-8)12(17)14-9-3-2-4-10(7-9)15-16-13/h2-4,7H,5-6H2,1H3,(H,14,17). The zero-order chi connectivity index (χ0) is 13.7. The van der Waals surface area contributed by atoms with Gasteiger partial charge >= 0.3 is 0 Å². The highest BCUT2D eigenvalue weighted by atomic mass is 32.2. The van der Waals surface area contributed by atoms with Gasteiger partial charge in [-0.2, -0.15) is 0 Å². The van der Waals surface area contributed by atoms with E-state index >= 15 is 0 Å². The van der Waals surface area contributed by atoms with Crippen molar-refractivity contribution in [1.29, 1.82) is 0 Å². The van der Waals surface area contributed by atoms with Crippen LogP contribution >= 0.6 is 11.8 Å². The highest BCUT2D eigenvalue weighted by Gasteiger charge is 2.18. The minimum atomic E-state index is -0.208. The van der Waals surface area contributed by atoms with E-state index in [0.717, 1.165) is 5.75 Å². The molecule has 98 valence electrons. The Labute approximate surface area is 114 Å². The van der Waals surface area contributed by atoms with E-state index in [0.29, 0.717) is 28.6 Å². The molecule has 0 unspecified atom stereocenters. The summed E-state index contributed by atoms with van der Waals surface area (Å²) < 4.78 is 5.34. The summed E-state index contributed by atoms with van der Waals surface area (Å²) in [7, 11) is 0. The van der Waals surface area contributed by atoms with E-state index < -0.39 is 0 Å². The van der Waals surface area contributed by atoms with Crippen LogP contribution in [0.25, 0.3) is 10.4 Å². The molecule has 0 saturated carbocycles. The molecular weight excluding hydrogens is 264 g/mol. The van der Waals surface area contributed by atoms with Crippen molar-refractivity contribution < 1.29 is 9.53 Å². The lowest BCUT2D eigenvalue weighted by Gasteiger charge is -2.17. The Morgan fingerprint density at radius 2 is 2.42 bits per heavy atom. The maximum atomic E-state index is 12.1. The Hall–Kier alpha value is -2.11. The number of hydrogen-bond acceptors (Lipinski definition) is 4. The molecule has 1 N–H and O–H groups in total. The molecule has 7 heteroatoms. The molecule has 1 aliphatic rings. The van der Waals surface area contributed by atoms with Gasteiger partial charge in [0.05, 0.1) is 6.61 Å². The molecule has 1 aromatic carbocycles. The summed E-state index contributed by atoms with van der Waals surface area (Å²) in [5, 5.41) is 6.25. The molecule has 1 amide bonds. The molecule has 0 bridgehead atoms. The second kappa shape index (κ2) is 6.17. The zero-order valence-electron chi connectivity index (χ0n) is 10.3. The molecule has 0 aromatic heterocycles. The summed E-state index contributed by atoms with van der Waals surface area (Å²) in [6.07, 6.45) is 0.